The zero-order valence-electron chi connectivity index (χ0n) is 14.6. The van der Waals surface area contributed by atoms with Gasteiger partial charge in [0.2, 0.25) is 5.56 Å². The summed E-state index contributed by atoms with van der Waals surface area (Å²) in [6.07, 6.45) is 5.10. The van der Waals surface area contributed by atoms with Crippen LogP contribution in [0.15, 0.2) is 59.8 Å². The van der Waals surface area contributed by atoms with Crippen LogP contribution in [0.25, 0.3) is 43.6 Å². The van der Waals surface area contributed by atoms with Gasteiger partial charge in [-0.05, 0) is 30.3 Å². The smallest absolute Gasteiger partial charge is 0.249 e. The third-order valence-corrected chi connectivity index (χ3v) is 6.03. The summed E-state index contributed by atoms with van der Waals surface area (Å²) >= 11 is 14.0. The Morgan fingerprint density at radius 2 is 1.86 bits per heavy atom. The molecule has 0 atom stereocenters. The van der Waals surface area contributed by atoms with Crippen molar-refractivity contribution in [2.24, 2.45) is 0 Å². The van der Waals surface area contributed by atoms with Crippen molar-refractivity contribution in [3.8, 4) is 32.5 Å². The van der Waals surface area contributed by atoms with Crippen molar-refractivity contribution in [1.82, 2.24) is 24.9 Å². The van der Waals surface area contributed by atoms with Gasteiger partial charge in [-0.15, -0.1) is 11.3 Å². The zero-order chi connectivity index (χ0) is 20.0. The Morgan fingerprint density at radius 1 is 0.966 bits per heavy atom. The Morgan fingerprint density at radius 3 is 2.66 bits per heavy atom. The molecule has 0 radical (unpaired) electrons. The van der Waals surface area contributed by atoms with Crippen molar-refractivity contribution in [3.63, 3.8) is 0 Å². The molecule has 5 aromatic rings. The topological polar surface area (TPSA) is 87.3 Å². The lowest BCUT2D eigenvalue weighted by Gasteiger charge is -2.04. The normalized spacial score (nSPS) is 11.2. The summed E-state index contributed by atoms with van der Waals surface area (Å²) in [5, 5.41) is 2.63. The number of hydrogen-bond donors (Lipinski definition) is 2. The van der Waals surface area contributed by atoms with Crippen molar-refractivity contribution in [1.29, 1.82) is 0 Å². The highest BCUT2D eigenvalue weighted by Gasteiger charge is 2.20. The molecule has 6 nitrogen and oxygen atoms in total. The van der Waals surface area contributed by atoms with Crippen molar-refractivity contribution < 1.29 is 0 Å². The minimum Gasteiger partial charge on any atom is -0.344 e. The molecule has 1 aromatic carbocycles. The van der Waals surface area contributed by atoms with Crippen LogP contribution in [0.5, 0.6) is 0 Å². The van der Waals surface area contributed by atoms with Crippen molar-refractivity contribution in [2.75, 3.05) is 0 Å². The fraction of sp³-hybridized carbons (Fsp3) is 0. The predicted molar refractivity (Wildman–Crippen MR) is 117 cm³/mol. The molecule has 4 heterocycles. The van der Waals surface area contributed by atoms with E-state index in [4.69, 9.17) is 28.2 Å². The molecule has 0 amide bonds. The van der Waals surface area contributed by atoms with Crippen LogP contribution in [-0.4, -0.2) is 24.9 Å². The van der Waals surface area contributed by atoms with E-state index in [1.807, 2.05) is 12.1 Å². The van der Waals surface area contributed by atoms with E-state index in [0.29, 0.717) is 27.2 Å². The molecular weight excluding hydrogens is 429 g/mol. The van der Waals surface area contributed by atoms with E-state index in [2.05, 4.69) is 19.9 Å². The maximum absolute atomic E-state index is 11.6. The molecule has 9 heteroatoms. The molecule has 0 spiro atoms. The molecule has 29 heavy (non-hydrogen) atoms. The first-order valence-electron chi connectivity index (χ1n) is 8.54. The number of aromatic nitrogens is 5. The standard InChI is InChI=1S/C20H11Cl2N5OS/c21-10-1-2-13(14(22)9-10)16-17(19-24-7-8-25-19)29-20(27-16)12-5-6-23-18-11(12)3-4-15(28)26-18/h1-9H,(H,24,25)(H,23,26,28). The molecule has 0 aliphatic heterocycles. The number of rotatable bonds is 3. The number of H-pyrrole nitrogens is 2. The average Bonchev–Trinajstić information content (AvgIpc) is 3.37. The largest absolute Gasteiger partial charge is 0.344 e. The van der Waals surface area contributed by atoms with Crippen LogP contribution < -0.4 is 5.56 Å². The van der Waals surface area contributed by atoms with Gasteiger partial charge in [-0.1, -0.05) is 23.2 Å². The number of nitrogens with one attached hydrogen (secondary N) is 2. The van der Waals surface area contributed by atoms with Gasteiger partial charge in [0.15, 0.2) is 0 Å². The highest BCUT2D eigenvalue weighted by Crippen LogP contribution is 2.42. The summed E-state index contributed by atoms with van der Waals surface area (Å²) in [5.74, 6) is 0.696. The Labute approximate surface area is 178 Å². The van der Waals surface area contributed by atoms with Gasteiger partial charge in [0.25, 0.3) is 0 Å². The molecule has 0 aliphatic rings. The number of benzene rings is 1. The lowest BCUT2D eigenvalue weighted by atomic mass is 10.1. The summed E-state index contributed by atoms with van der Waals surface area (Å²) < 4.78 is 0. The van der Waals surface area contributed by atoms with E-state index in [-0.39, 0.29) is 5.56 Å². The average molecular weight is 440 g/mol. The SMILES string of the molecule is O=c1ccc2c(-c3nc(-c4ccc(Cl)cc4Cl)c(-c4ncc[nH]4)s3)ccnc2[nH]1. The Kier molecular flexibility index (Phi) is 4.43. The quantitative estimate of drug-likeness (QED) is 0.393. The number of imidazole rings is 1. The Hall–Kier alpha value is -3.00. The number of nitrogens with zero attached hydrogens (tertiary/aromatic N) is 3. The Bertz CT molecular complexity index is 1410. The summed E-state index contributed by atoms with van der Waals surface area (Å²) in [6, 6.07) is 10.4. The minimum atomic E-state index is -0.203. The maximum atomic E-state index is 11.6. The van der Waals surface area contributed by atoms with Crippen LogP contribution in [-0.2, 0) is 0 Å². The number of pyridine rings is 2. The van der Waals surface area contributed by atoms with E-state index in [0.717, 1.165) is 26.4 Å². The molecular formula is C20H11Cl2N5OS. The number of fused-ring (bicyclic) bond motifs is 1. The first-order chi connectivity index (χ1) is 14.1. The first kappa shape index (κ1) is 18.1. The van der Waals surface area contributed by atoms with Crippen LogP contribution in [0.1, 0.15) is 0 Å². The van der Waals surface area contributed by atoms with Crippen molar-refractivity contribution in [2.45, 2.75) is 0 Å². The summed E-state index contributed by atoms with van der Waals surface area (Å²) in [6.45, 7) is 0. The van der Waals surface area contributed by atoms with Gasteiger partial charge in [0, 0.05) is 46.2 Å². The fourth-order valence-electron chi connectivity index (χ4n) is 3.09. The predicted octanol–water partition coefficient (Wildman–Crippen LogP) is 5.41. The zero-order valence-corrected chi connectivity index (χ0v) is 16.9. The second-order valence-corrected chi connectivity index (χ2v) is 8.04. The molecule has 142 valence electrons. The number of hydrogen-bond acceptors (Lipinski definition) is 5. The first-order valence-corrected chi connectivity index (χ1v) is 10.1. The highest BCUT2D eigenvalue weighted by molar-refractivity contribution is 7.19. The molecule has 0 unspecified atom stereocenters. The van der Waals surface area contributed by atoms with Gasteiger partial charge in [-0.25, -0.2) is 15.0 Å². The van der Waals surface area contributed by atoms with E-state index < -0.39 is 0 Å². The summed E-state index contributed by atoms with van der Waals surface area (Å²) in [4.78, 5) is 31.9. The van der Waals surface area contributed by atoms with Crippen LogP contribution in [0.3, 0.4) is 0 Å². The summed E-state index contributed by atoms with van der Waals surface area (Å²) in [5.41, 5.74) is 2.63. The van der Waals surface area contributed by atoms with E-state index in [9.17, 15) is 4.79 Å². The molecule has 0 fully saturated rings. The summed E-state index contributed by atoms with van der Waals surface area (Å²) in [7, 11) is 0. The van der Waals surface area contributed by atoms with Gasteiger partial charge in [-0.3, -0.25) is 4.79 Å². The van der Waals surface area contributed by atoms with E-state index in [1.54, 1.807) is 36.8 Å². The number of aromatic amines is 2. The number of thiazole rings is 1. The van der Waals surface area contributed by atoms with Crippen LogP contribution in [0.4, 0.5) is 0 Å². The molecule has 0 bridgehead atoms. The van der Waals surface area contributed by atoms with E-state index >= 15 is 0 Å². The van der Waals surface area contributed by atoms with Crippen LogP contribution in [0, 0.1) is 0 Å². The lowest BCUT2D eigenvalue weighted by molar-refractivity contribution is 1.23. The van der Waals surface area contributed by atoms with Gasteiger partial charge < -0.3 is 9.97 Å². The van der Waals surface area contributed by atoms with Gasteiger partial charge >= 0.3 is 0 Å². The highest BCUT2D eigenvalue weighted by atomic mass is 35.5. The molecule has 2 N–H and O–H groups in total. The second-order valence-electron chi connectivity index (χ2n) is 6.20. The third kappa shape index (κ3) is 3.23. The van der Waals surface area contributed by atoms with E-state index in [1.165, 1.54) is 17.4 Å². The molecule has 0 aliphatic carbocycles. The van der Waals surface area contributed by atoms with Crippen LogP contribution in [0.2, 0.25) is 10.0 Å². The molecule has 0 saturated heterocycles. The Balaban J connectivity index is 1.77. The number of halogens is 2. The minimum absolute atomic E-state index is 0.203. The van der Waals surface area contributed by atoms with Gasteiger partial charge in [0.05, 0.1) is 15.6 Å². The monoisotopic (exact) mass is 439 g/mol. The maximum Gasteiger partial charge on any atom is 0.249 e. The van der Waals surface area contributed by atoms with Crippen molar-refractivity contribution in [3.05, 3.63) is 75.4 Å². The van der Waals surface area contributed by atoms with Crippen molar-refractivity contribution >= 4 is 45.6 Å². The third-order valence-electron chi connectivity index (χ3n) is 4.39. The molecule has 5 rings (SSSR count). The van der Waals surface area contributed by atoms with Crippen LogP contribution >= 0.6 is 34.5 Å². The lowest BCUT2D eigenvalue weighted by Crippen LogP contribution is -2.03. The fourth-order valence-corrected chi connectivity index (χ4v) is 4.67. The van der Waals surface area contributed by atoms with Gasteiger partial charge in [-0.2, -0.15) is 0 Å². The van der Waals surface area contributed by atoms with Gasteiger partial charge in [0.1, 0.15) is 16.5 Å². The molecule has 0 saturated carbocycles. The molecule has 4 aromatic heterocycles. The second kappa shape index (κ2) is 7.11.